The Kier molecular flexibility index (Phi) is 5.65. The molecule has 0 aromatic heterocycles. The van der Waals surface area contributed by atoms with Gasteiger partial charge in [0.1, 0.15) is 0 Å². The standard InChI is InChI=1S/C4H7F3O2/c5-3-8-1-2-9-4(6)7/h4H,1-3H2. The fourth-order valence-electron chi connectivity index (χ4n) is 0.251. The lowest BCUT2D eigenvalue weighted by Gasteiger charge is -1.99. The normalized spacial score (nSPS) is 10.7. The molecule has 0 amide bonds. The van der Waals surface area contributed by atoms with Gasteiger partial charge in [0.25, 0.3) is 0 Å². The maximum absolute atomic E-state index is 11.1. The number of alkyl halides is 3. The van der Waals surface area contributed by atoms with E-state index in [-0.39, 0.29) is 13.2 Å². The summed E-state index contributed by atoms with van der Waals surface area (Å²) < 4.78 is 41.0. The Morgan fingerprint density at radius 3 is 2.33 bits per heavy atom. The summed E-state index contributed by atoms with van der Waals surface area (Å²) >= 11 is 0. The monoisotopic (exact) mass is 144 g/mol. The summed E-state index contributed by atoms with van der Waals surface area (Å²) in [7, 11) is 0. The van der Waals surface area contributed by atoms with Crippen molar-refractivity contribution in [3.8, 4) is 0 Å². The van der Waals surface area contributed by atoms with Crippen LogP contribution < -0.4 is 0 Å². The molecule has 9 heavy (non-hydrogen) atoms. The van der Waals surface area contributed by atoms with Crippen molar-refractivity contribution in [2.24, 2.45) is 0 Å². The highest BCUT2D eigenvalue weighted by molar-refractivity contribution is 4.23. The van der Waals surface area contributed by atoms with Crippen LogP contribution in [-0.2, 0) is 9.47 Å². The molecule has 0 aromatic carbocycles. The number of ether oxygens (including phenoxy) is 2. The van der Waals surface area contributed by atoms with Crippen molar-refractivity contribution in [2.45, 2.75) is 6.61 Å². The third kappa shape index (κ3) is 7.71. The van der Waals surface area contributed by atoms with E-state index >= 15 is 0 Å². The molecule has 0 atom stereocenters. The minimum atomic E-state index is -2.80. The van der Waals surface area contributed by atoms with Crippen LogP contribution in [0.4, 0.5) is 13.2 Å². The quantitative estimate of drug-likeness (QED) is 0.539. The summed E-state index contributed by atoms with van der Waals surface area (Å²) in [5, 5.41) is 0. The fraction of sp³-hybridized carbons (Fsp3) is 1.00. The van der Waals surface area contributed by atoms with Crippen molar-refractivity contribution < 1.29 is 22.6 Å². The van der Waals surface area contributed by atoms with E-state index in [2.05, 4.69) is 9.47 Å². The Bertz CT molecular complexity index is 59.8. The minimum absolute atomic E-state index is 0.138. The zero-order chi connectivity index (χ0) is 7.11. The third-order valence-corrected chi connectivity index (χ3v) is 0.549. The van der Waals surface area contributed by atoms with Crippen LogP contribution in [0.15, 0.2) is 0 Å². The van der Waals surface area contributed by atoms with Crippen LogP contribution in [-0.4, -0.2) is 26.7 Å². The van der Waals surface area contributed by atoms with Gasteiger partial charge in [-0.25, -0.2) is 4.39 Å². The van der Waals surface area contributed by atoms with Crippen molar-refractivity contribution in [2.75, 3.05) is 20.1 Å². The van der Waals surface area contributed by atoms with Gasteiger partial charge in [0, 0.05) is 0 Å². The second-order valence-corrected chi connectivity index (χ2v) is 1.15. The zero-order valence-corrected chi connectivity index (χ0v) is 4.65. The molecule has 0 rings (SSSR count). The molecule has 0 spiro atoms. The lowest BCUT2D eigenvalue weighted by Crippen LogP contribution is -2.06. The molecule has 0 N–H and O–H groups in total. The van der Waals surface area contributed by atoms with Gasteiger partial charge in [-0.15, -0.1) is 0 Å². The number of halogens is 3. The van der Waals surface area contributed by atoms with E-state index in [9.17, 15) is 13.2 Å². The highest BCUT2D eigenvalue weighted by Gasteiger charge is 1.98. The smallest absolute Gasteiger partial charge is 0.345 e. The fourth-order valence-corrected chi connectivity index (χ4v) is 0.251. The van der Waals surface area contributed by atoms with Crippen molar-refractivity contribution in [1.82, 2.24) is 0 Å². The van der Waals surface area contributed by atoms with E-state index in [1.54, 1.807) is 0 Å². The van der Waals surface area contributed by atoms with E-state index in [1.807, 2.05) is 0 Å². The molecule has 0 aliphatic heterocycles. The Morgan fingerprint density at radius 1 is 1.22 bits per heavy atom. The van der Waals surface area contributed by atoms with E-state index in [4.69, 9.17) is 0 Å². The van der Waals surface area contributed by atoms with Crippen LogP contribution in [0.3, 0.4) is 0 Å². The molecule has 0 radical (unpaired) electrons. The summed E-state index contributed by atoms with van der Waals surface area (Å²) in [6.07, 6.45) is 0. The second kappa shape index (κ2) is 5.84. The molecule has 0 saturated heterocycles. The zero-order valence-electron chi connectivity index (χ0n) is 4.65. The third-order valence-electron chi connectivity index (χ3n) is 0.549. The summed E-state index contributed by atoms with van der Waals surface area (Å²) in [5.74, 6) is 0. The summed E-state index contributed by atoms with van der Waals surface area (Å²) in [5.41, 5.74) is 0. The Hall–Kier alpha value is -0.290. The first-order valence-electron chi connectivity index (χ1n) is 2.31. The maximum atomic E-state index is 11.1. The summed E-state index contributed by atoms with van der Waals surface area (Å²) in [6, 6.07) is 0. The van der Waals surface area contributed by atoms with Crippen LogP contribution in [0, 0.1) is 0 Å². The van der Waals surface area contributed by atoms with E-state index < -0.39 is 13.5 Å². The van der Waals surface area contributed by atoms with E-state index in [0.717, 1.165) is 0 Å². The molecule has 0 unspecified atom stereocenters. The van der Waals surface area contributed by atoms with Gasteiger partial charge in [0.05, 0.1) is 13.2 Å². The highest BCUT2D eigenvalue weighted by atomic mass is 19.3. The van der Waals surface area contributed by atoms with Crippen LogP contribution >= 0.6 is 0 Å². The summed E-state index contributed by atoms with van der Waals surface area (Å²) in [4.78, 5) is 0. The molecule has 0 heterocycles. The molecule has 0 saturated carbocycles. The average Bonchev–Trinajstić information content (AvgIpc) is 1.80. The lowest BCUT2D eigenvalue weighted by atomic mass is 10.8. The van der Waals surface area contributed by atoms with Gasteiger partial charge in [0.15, 0.2) is 6.86 Å². The van der Waals surface area contributed by atoms with Gasteiger partial charge in [-0.05, 0) is 0 Å². The molecule has 0 bridgehead atoms. The van der Waals surface area contributed by atoms with Crippen LogP contribution in [0.25, 0.3) is 0 Å². The van der Waals surface area contributed by atoms with Crippen molar-refractivity contribution in [3.05, 3.63) is 0 Å². The average molecular weight is 144 g/mol. The molecular weight excluding hydrogens is 137 g/mol. The van der Waals surface area contributed by atoms with Crippen molar-refractivity contribution in [3.63, 3.8) is 0 Å². The lowest BCUT2D eigenvalue weighted by molar-refractivity contribution is -0.142. The predicted octanol–water partition coefficient (Wildman–Crippen LogP) is 1.17. The van der Waals surface area contributed by atoms with Crippen LogP contribution in [0.2, 0.25) is 0 Å². The Balaban J connectivity index is 2.75. The molecule has 0 fully saturated rings. The predicted molar refractivity (Wildman–Crippen MR) is 23.9 cm³/mol. The largest absolute Gasteiger partial charge is 0.348 e. The number of hydrogen-bond acceptors (Lipinski definition) is 2. The van der Waals surface area contributed by atoms with Crippen LogP contribution in [0.1, 0.15) is 0 Å². The molecule has 2 nitrogen and oxygen atoms in total. The van der Waals surface area contributed by atoms with Gasteiger partial charge >= 0.3 is 6.61 Å². The van der Waals surface area contributed by atoms with Crippen LogP contribution in [0.5, 0.6) is 0 Å². The van der Waals surface area contributed by atoms with Gasteiger partial charge in [-0.1, -0.05) is 0 Å². The maximum Gasteiger partial charge on any atom is 0.345 e. The number of hydrogen-bond donors (Lipinski definition) is 0. The first kappa shape index (κ1) is 8.71. The van der Waals surface area contributed by atoms with E-state index in [0.29, 0.717) is 0 Å². The molecule has 0 aliphatic rings. The Morgan fingerprint density at radius 2 is 1.89 bits per heavy atom. The van der Waals surface area contributed by atoms with Gasteiger partial charge in [0.2, 0.25) is 0 Å². The first-order valence-corrected chi connectivity index (χ1v) is 2.31. The van der Waals surface area contributed by atoms with Gasteiger partial charge in [-0.2, -0.15) is 8.78 Å². The minimum Gasteiger partial charge on any atom is -0.348 e. The molecule has 0 aromatic rings. The highest BCUT2D eigenvalue weighted by Crippen LogP contribution is 1.92. The Labute approximate surface area is 50.6 Å². The SMILES string of the molecule is FCOCCOC(F)F. The molecule has 56 valence electrons. The van der Waals surface area contributed by atoms with Gasteiger partial charge < -0.3 is 9.47 Å². The molecule has 0 aliphatic carbocycles. The first-order chi connectivity index (χ1) is 4.27. The molecule has 5 heteroatoms. The van der Waals surface area contributed by atoms with Crippen molar-refractivity contribution in [1.29, 1.82) is 0 Å². The second-order valence-electron chi connectivity index (χ2n) is 1.15. The van der Waals surface area contributed by atoms with Crippen molar-refractivity contribution >= 4 is 0 Å². The summed E-state index contributed by atoms with van der Waals surface area (Å²) in [6.45, 7) is -4.18. The van der Waals surface area contributed by atoms with Gasteiger partial charge in [-0.3, -0.25) is 0 Å². The van der Waals surface area contributed by atoms with E-state index in [1.165, 1.54) is 0 Å². The topological polar surface area (TPSA) is 18.5 Å². The number of rotatable bonds is 5. The molecular formula is C4H7F3O2.